The molecule has 0 aliphatic carbocycles. The molecule has 136 valence electrons. The Labute approximate surface area is 154 Å². The maximum atomic E-state index is 13.3. The van der Waals surface area contributed by atoms with Crippen LogP contribution in [0, 0.1) is 5.82 Å². The highest BCUT2D eigenvalue weighted by Gasteiger charge is 2.38. The number of carbonyl (C=O) groups is 2. The normalized spacial score (nSPS) is 14.6. The molecule has 3 rings (SSSR count). The number of benzene rings is 1. The van der Waals surface area contributed by atoms with Crippen LogP contribution in [0.4, 0.5) is 4.39 Å². The highest BCUT2D eigenvalue weighted by molar-refractivity contribution is 8.03. The molecule has 0 radical (unpaired) electrons. The molecule has 26 heavy (non-hydrogen) atoms. The van der Waals surface area contributed by atoms with E-state index in [9.17, 15) is 14.0 Å². The molecule has 2 heterocycles. The van der Waals surface area contributed by atoms with Crippen LogP contribution in [0.2, 0.25) is 0 Å². The first kappa shape index (κ1) is 18.4. The second-order valence-electron chi connectivity index (χ2n) is 5.69. The maximum absolute atomic E-state index is 13.3. The second-order valence-corrected chi connectivity index (χ2v) is 6.67. The molecule has 2 amide bonds. The lowest BCUT2D eigenvalue weighted by Crippen LogP contribution is -2.33. The molecule has 0 fully saturated rings. The van der Waals surface area contributed by atoms with Gasteiger partial charge in [-0.2, -0.15) is 0 Å². The molecule has 7 heteroatoms. The summed E-state index contributed by atoms with van der Waals surface area (Å²) in [6.07, 6.45) is 2.12. The highest BCUT2D eigenvalue weighted by Crippen LogP contribution is 2.37. The topological polar surface area (TPSA) is 59.8 Å². The van der Waals surface area contributed by atoms with Crippen LogP contribution in [0.1, 0.15) is 17.7 Å². The minimum atomic E-state index is -0.395. The SMILES string of the molecule is COCCCN1C(=O)C(SCc2ccco2)=C(c2ccc(F)cc2)C1=O. The van der Waals surface area contributed by atoms with Crippen molar-refractivity contribution in [1.29, 1.82) is 0 Å². The number of amides is 2. The van der Waals surface area contributed by atoms with E-state index < -0.39 is 5.82 Å². The molecular formula is C19H18FNO4S. The predicted molar refractivity (Wildman–Crippen MR) is 96.5 cm³/mol. The van der Waals surface area contributed by atoms with Gasteiger partial charge in [0.1, 0.15) is 11.6 Å². The van der Waals surface area contributed by atoms with Crippen LogP contribution in [-0.4, -0.2) is 37.0 Å². The monoisotopic (exact) mass is 375 g/mol. The van der Waals surface area contributed by atoms with E-state index in [1.54, 1.807) is 19.4 Å². The van der Waals surface area contributed by atoms with Crippen molar-refractivity contribution in [2.75, 3.05) is 20.3 Å². The summed E-state index contributed by atoms with van der Waals surface area (Å²) in [5.74, 6) is 0.0475. The number of rotatable bonds is 8. The van der Waals surface area contributed by atoms with Crippen molar-refractivity contribution < 1.29 is 23.1 Å². The molecule has 0 spiro atoms. The van der Waals surface area contributed by atoms with Crippen LogP contribution in [-0.2, 0) is 20.1 Å². The zero-order chi connectivity index (χ0) is 18.5. The summed E-state index contributed by atoms with van der Waals surface area (Å²) in [5.41, 5.74) is 0.838. The second kappa shape index (κ2) is 8.33. The van der Waals surface area contributed by atoms with E-state index >= 15 is 0 Å². The molecule has 0 saturated carbocycles. The summed E-state index contributed by atoms with van der Waals surface area (Å²) in [5, 5.41) is 0. The smallest absolute Gasteiger partial charge is 0.267 e. The minimum Gasteiger partial charge on any atom is -0.468 e. The molecular weight excluding hydrogens is 357 g/mol. The molecule has 0 N–H and O–H groups in total. The van der Waals surface area contributed by atoms with Gasteiger partial charge in [0.05, 0.1) is 22.5 Å². The van der Waals surface area contributed by atoms with Crippen LogP contribution in [0.25, 0.3) is 5.57 Å². The summed E-state index contributed by atoms with van der Waals surface area (Å²) in [4.78, 5) is 27.2. The fourth-order valence-electron chi connectivity index (χ4n) is 2.67. The van der Waals surface area contributed by atoms with E-state index in [1.807, 2.05) is 6.07 Å². The number of hydrogen-bond donors (Lipinski definition) is 0. The van der Waals surface area contributed by atoms with Crippen molar-refractivity contribution in [3.05, 3.63) is 64.7 Å². The molecule has 0 saturated heterocycles. The zero-order valence-corrected chi connectivity index (χ0v) is 15.1. The van der Waals surface area contributed by atoms with Gasteiger partial charge in [-0.15, -0.1) is 11.8 Å². The van der Waals surface area contributed by atoms with Gasteiger partial charge in [0.2, 0.25) is 0 Å². The van der Waals surface area contributed by atoms with E-state index in [1.165, 1.54) is 40.9 Å². The Bertz CT molecular complexity index is 815. The zero-order valence-electron chi connectivity index (χ0n) is 14.2. The molecule has 1 aliphatic rings. The highest BCUT2D eigenvalue weighted by atomic mass is 32.2. The third-order valence-electron chi connectivity index (χ3n) is 3.93. The van der Waals surface area contributed by atoms with Gasteiger partial charge in [-0.1, -0.05) is 12.1 Å². The first-order chi connectivity index (χ1) is 12.6. The summed E-state index contributed by atoms with van der Waals surface area (Å²) in [7, 11) is 1.57. The summed E-state index contributed by atoms with van der Waals surface area (Å²) >= 11 is 1.25. The van der Waals surface area contributed by atoms with Crippen molar-refractivity contribution in [1.82, 2.24) is 4.90 Å². The average Bonchev–Trinajstić information content (AvgIpc) is 3.23. The fourth-order valence-corrected chi connectivity index (χ4v) is 3.70. The quantitative estimate of drug-likeness (QED) is 0.522. The van der Waals surface area contributed by atoms with E-state index in [4.69, 9.17) is 9.15 Å². The number of thioether (sulfide) groups is 1. The third-order valence-corrected chi connectivity index (χ3v) is 5.02. The largest absolute Gasteiger partial charge is 0.468 e. The predicted octanol–water partition coefficient (Wildman–Crippen LogP) is 3.47. The number of ether oxygens (including phenoxy) is 1. The number of hydrogen-bond acceptors (Lipinski definition) is 5. The Morgan fingerprint density at radius 1 is 1.15 bits per heavy atom. The number of nitrogens with zero attached hydrogens (tertiary/aromatic N) is 1. The lowest BCUT2D eigenvalue weighted by molar-refractivity contribution is -0.136. The van der Waals surface area contributed by atoms with Crippen LogP contribution in [0.5, 0.6) is 0 Å². The third kappa shape index (κ3) is 3.89. The van der Waals surface area contributed by atoms with Crippen LogP contribution >= 0.6 is 11.8 Å². The van der Waals surface area contributed by atoms with E-state index in [2.05, 4.69) is 0 Å². The van der Waals surface area contributed by atoms with Gasteiger partial charge in [0, 0.05) is 20.3 Å². The Morgan fingerprint density at radius 2 is 1.92 bits per heavy atom. The Hall–Kier alpha value is -2.38. The van der Waals surface area contributed by atoms with Gasteiger partial charge >= 0.3 is 0 Å². The van der Waals surface area contributed by atoms with E-state index in [0.29, 0.717) is 40.6 Å². The molecule has 1 aromatic heterocycles. The van der Waals surface area contributed by atoms with Crippen molar-refractivity contribution in [3.63, 3.8) is 0 Å². The number of carbonyl (C=O) groups excluding carboxylic acids is 2. The summed E-state index contributed by atoms with van der Waals surface area (Å²) in [6.45, 7) is 0.735. The van der Waals surface area contributed by atoms with Crippen LogP contribution in [0.15, 0.2) is 52.0 Å². The van der Waals surface area contributed by atoms with Crippen LogP contribution < -0.4 is 0 Å². The lowest BCUT2D eigenvalue weighted by Gasteiger charge is -2.14. The van der Waals surface area contributed by atoms with Gasteiger partial charge < -0.3 is 9.15 Å². The minimum absolute atomic E-state index is 0.279. The number of imide groups is 1. The van der Waals surface area contributed by atoms with E-state index in [0.717, 1.165) is 0 Å². The maximum Gasteiger partial charge on any atom is 0.267 e. The van der Waals surface area contributed by atoms with Gasteiger partial charge in [-0.3, -0.25) is 14.5 Å². The van der Waals surface area contributed by atoms with Gasteiger partial charge in [0.15, 0.2) is 0 Å². The first-order valence-electron chi connectivity index (χ1n) is 8.12. The van der Waals surface area contributed by atoms with Gasteiger partial charge in [-0.05, 0) is 36.2 Å². The Kier molecular flexibility index (Phi) is 5.90. The molecule has 0 atom stereocenters. The van der Waals surface area contributed by atoms with Crippen molar-refractivity contribution in [3.8, 4) is 0 Å². The summed E-state index contributed by atoms with van der Waals surface area (Å²) < 4.78 is 23.5. The molecule has 0 unspecified atom stereocenters. The lowest BCUT2D eigenvalue weighted by atomic mass is 10.1. The van der Waals surface area contributed by atoms with E-state index in [-0.39, 0.29) is 18.4 Å². The van der Waals surface area contributed by atoms with Crippen LogP contribution in [0.3, 0.4) is 0 Å². The average molecular weight is 375 g/mol. The van der Waals surface area contributed by atoms with Gasteiger partial charge in [0.25, 0.3) is 11.8 Å². The number of methoxy groups -OCH3 is 1. The van der Waals surface area contributed by atoms with Crippen molar-refractivity contribution in [2.45, 2.75) is 12.2 Å². The summed E-state index contributed by atoms with van der Waals surface area (Å²) in [6, 6.07) is 9.17. The van der Waals surface area contributed by atoms with Crippen molar-refractivity contribution in [2.24, 2.45) is 0 Å². The molecule has 5 nitrogen and oxygen atoms in total. The van der Waals surface area contributed by atoms with Gasteiger partial charge in [-0.25, -0.2) is 4.39 Å². The standard InChI is InChI=1S/C19H18FNO4S/c1-24-10-3-9-21-18(22)16(13-5-7-14(20)8-6-13)17(19(21)23)26-12-15-4-2-11-25-15/h2,4-8,11H,3,9-10,12H2,1H3. The number of furan rings is 1. The Balaban J connectivity index is 1.89. The molecule has 1 aromatic carbocycles. The Morgan fingerprint density at radius 3 is 2.58 bits per heavy atom. The first-order valence-corrected chi connectivity index (χ1v) is 9.11. The fraction of sp³-hybridized carbons (Fsp3) is 0.263. The number of halogens is 1. The molecule has 1 aliphatic heterocycles. The molecule has 2 aromatic rings. The van der Waals surface area contributed by atoms with Crippen molar-refractivity contribution >= 4 is 29.1 Å². The molecule has 0 bridgehead atoms.